The van der Waals surface area contributed by atoms with Gasteiger partial charge in [-0.25, -0.2) is 4.39 Å². The third-order valence-electron chi connectivity index (χ3n) is 4.55. The molecule has 1 N–H and O–H groups in total. The van der Waals surface area contributed by atoms with Crippen molar-refractivity contribution in [1.82, 2.24) is 15.1 Å². The molecule has 0 saturated carbocycles. The fourth-order valence-corrected chi connectivity index (χ4v) is 3.26. The molecular weight excluding hydrogens is 446 g/mol. The Morgan fingerprint density at radius 3 is 2.85 bits per heavy atom. The Balaban J connectivity index is 0.00000338. The molecular formula is C19H32FIN4O. The zero-order valence-corrected chi connectivity index (χ0v) is 18.6. The van der Waals surface area contributed by atoms with Crippen LogP contribution in [0, 0.1) is 11.7 Å². The van der Waals surface area contributed by atoms with Crippen LogP contribution in [0.2, 0.25) is 0 Å². The Hall–Kier alpha value is -1.09. The van der Waals surface area contributed by atoms with Gasteiger partial charge in [0.1, 0.15) is 0 Å². The number of aliphatic imine (C=N–C) groups is 1. The summed E-state index contributed by atoms with van der Waals surface area (Å²) in [4.78, 5) is 9.22. The van der Waals surface area contributed by atoms with Crippen molar-refractivity contribution in [2.45, 2.75) is 26.3 Å². The molecule has 0 spiro atoms. The summed E-state index contributed by atoms with van der Waals surface area (Å²) in [7, 11) is 5.63. The third kappa shape index (κ3) is 6.90. The maximum absolute atomic E-state index is 13.9. The molecule has 0 aliphatic carbocycles. The van der Waals surface area contributed by atoms with Gasteiger partial charge in [0.15, 0.2) is 17.5 Å². The molecule has 1 heterocycles. The molecule has 1 aliphatic rings. The monoisotopic (exact) mass is 478 g/mol. The maximum Gasteiger partial charge on any atom is 0.193 e. The first-order valence-corrected chi connectivity index (χ1v) is 9.03. The van der Waals surface area contributed by atoms with E-state index in [-0.39, 0.29) is 35.5 Å². The molecule has 26 heavy (non-hydrogen) atoms. The van der Waals surface area contributed by atoms with E-state index < -0.39 is 0 Å². The van der Waals surface area contributed by atoms with Crippen LogP contribution in [0.4, 0.5) is 4.39 Å². The normalized spacial score (nSPS) is 18.2. The van der Waals surface area contributed by atoms with Gasteiger partial charge in [-0.2, -0.15) is 0 Å². The quantitative estimate of drug-likeness (QED) is 0.388. The third-order valence-corrected chi connectivity index (χ3v) is 4.55. The SMILES string of the molecule is CCNC(=NCC1CCCN(C)C1)N(C)Cc1ccc(OC)c(F)c1.I. The van der Waals surface area contributed by atoms with Gasteiger partial charge in [0.2, 0.25) is 0 Å². The van der Waals surface area contributed by atoms with Crippen LogP contribution in [-0.2, 0) is 6.54 Å². The number of guanidine groups is 1. The van der Waals surface area contributed by atoms with Gasteiger partial charge in [-0.3, -0.25) is 4.99 Å². The number of likely N-dealkylation sites (tertiary alicyclic amines) is 1. The van der Waals surface area contributed by atoms with Gasteiger partial charge in [-0.05, 0) is 57.0 Å². The minimum Gasteiger partial charge on any atom is -0.494 e. The van der Waals surface area contributed by atoms with Crippen molar-refractivity contribution < 1.29 is 9.13 Å². The van der Waals surface area contributed by atoms with Crippen molar-refractivity contribution in [2.24, 2.45) is 10.9 Å². The first-order chi connectivity index (χ1) is 12.0. The van der Waals surface area contributed by atoms with Gasteiger partial charge < -0.3 is 19.9 Å². The Morgan fingerprint density at radius 1 is 1.46 bits per heavy atom. The number of rotatable bonds is 6. The summed E-state index contributed by atoms with van der Waals surface area (Å²) in [6.07, 6.45) is 2.48. The van der Waals surface area contributed by atoms with Crippen LogP contribution in [0.5, 0.6) is 5.75 Å². The lowest BCUT2D eigenvalue weighted by molar-refractivity contribution is 0.214. The lowest BCUT2D eigenvalue weighted by Gasteiger charge is -2.29. The number of nitrogens with one attached hydrogen (secondary N) is 1. The number of methoxy groups -OCH3 is 1. The number of nitrogens with zero attached hydrogens (tertiary/aromatic N) is 3. The molecule has 0 amide bonds. The largest absolute Gasteiger partial charge is 0.494 e. The zero-order valence-electron chi connectivity index (χ0n) is 16.3. The van der Waals surface area contributed by atoms with Crippen LogP contribution < -0.4 is 10.1 Å². The number of hydrogen-bond acceptors (Lipinski definition) is 3. The Morgan fingerprint density at radius 2 is 2.23 bits per heavy atom. The fraction of sp³-hybridized carbons (Fsp3) is 0.632. The van der Waals surface area contributed by atoms with Crippen molar-refractivity contribution in [1.29, 1.82) is 0 Å². The summed E-state index contributed by atoms with van der Waals surface area (Å²) in [5.41, 5.74) is 0.892. The predicted octanol–water partition coefficient (Wildman–Crippen LogP) is 3.19. The van der Waals surface area contributed by atoms with E-state index >= 15 is 0 Å². The number of piperidine rings is 1. The molecule has 0 bridgehead atoms. The predicted molar refractivity (Wildman–Crippen MR) is 116 cm³/mol. The lowest BCUT2D eigenvalue weighted by atomic mass is 9.99. The molecule has 2 rings (SSSR count). The van der Waals surface area contributed by atoms with E-state index in [0.29, 0.717) is 12.5 Å². The van der Waals surface area contributed by atoms with E-state index in [0.717, 1.165) is 31.2 Å². The number of benzene rings is 1. The van der Waals surface area contributed by atoms with E-state index in [9.17, 15) is 4.39 Å². The van der Waals surface area contributed by atoms with E-state index in [1.165, 1.54) is 32.6 Å². The molecule has 5 nitrogen and oxygen atoms in total. The highest BCUT2D eigenvalue weighted by molar-refractivity contribution is 14.0. The van der Waals surface area contributed by atoms with Gasteiger partial charge in [0, 0.05) is 33.2 Å². The highest BCUT2D eigenvalue weighted by atomic mass is 127. The Bertz CT molecular complexity index is 585. The molecule has 0 aromatic heterocycles. The zero-order chi connectivity index (χ0) is 18.2. The van der Waals surface area contributed by atoms with E-state index in [4.69, 9.17) is 9.73 Å². The number of ether oxygens (including phenoxy) is 1. The molecule has 1 aliphatic heterocycles. The Kier molecular flexibility index (Phi) is 10.2. The first kappa shape index (κ1) is 23.0. The average Bonchev–Trinajstić information content (AvgIpc) is 2.58. The lowest BCUT2D eigenvalue weighted by Crippen LogP contribution is -2.39. The smallest absolute Gasteiger partial charge is 0.193 e. The summed E-state index contributed by atoms with van der Waals surface area (Å²) in [5, 5.41) is 3.33. The highest BCUT2D eigenvalue weighted by Gasteiger charge is 2.17. The van der Waals surface area contributed by atoms with Crippen molar-refractivity contribution in [3.63, 3.8) is 0 Å². The number of halogens is 2. The van der Waals surface area contributed by atoms with Gasteiger partial charge in [-0.1, -0.05) is 6.07 Å². The van der Waals surface area contributed by atoms with Crippen LogP contribution in [0.15, 0.2) is 23.2 Å². The second kappa shape index (κ2) is 11.6. The van der Waals surface area contributed by atoms with Crippen molar-refractivity contribution in [2.75, 3.05) is 47.4 Å². The summed E-state index contributed by atoms with van der Waals surface area (Å²) >= 11 is 0. The van der Waals surface area contributed by atoms with Gasteiger partial charge in [0.25, 0.3) is 0 Å². The van der Waals surface area contributed by atoms with E-state index in [2.05, 4.69) is 24.2 Å². The highest BCUT2D eigenvalue weighted by Crippen LogP contribution is 2.19. The average molecular weight is 478 g/mol. The van der Waals surface area contributed by atoms with Crippen LogP contribution in [-0.4, -0.2) is 63.1 Å². The molecule has 1 aromatic rings. The van der Waals surface area contributed by atoms with Gasteiger partial charge >= 0.3 is 0 Å². The summed E-state index contributed by atoms with van der Waals surface area (Å²) in [6.45, 7) is 6.58. The molecule has 0 radical (unpaired) electrons. The topological polar surface area (TPSA) is 40.1 Å². The van der Waals surface area contributed by atoms with Gasteiger partial charge in [-0.15, -0.1) is 24.0 Å². The molecule has 1 aromatic carbocycles. The standard InChI is InChI=1S/C19H31FN4O.HI/c1-5-21-19(22-12-16-7-6-10-23(2)13-16)24(3)14-15-8-9-18(25-4)17(20)11-15;/h8-9,11,16H,5-7,10,12-14H2,1-4H3,(H,21,22);1H. The van der Waals surface area contributed by atoms with Crippen molar-refractivity contribution in [3.8, 4) is 5.75 Å². The molecule has 1 unspecified atom stereocenters. The minimum atomic E-state index is -0.333. The first-order valence-electron chi connectivity index (χ1n) is 9.03. The molecule has 1 fully saturated rings. The molecule has 148 valence electrons. The molecule has 1 atom stereocenters. The second-order valence-electron chi connectivity index (χ2n) is 6.79. The van der Waals surface area contributed by atoms with Crippen LogP contribution in [0.25, 0.3) is 0 Å². The molecule has 1 saturated heterocycles. The fourth-order valence-electron chi connectivity index (χ4n) is 3.26. The summed E-state index contributed by atoms with van der Waals surface area (Å²) in [5.74, 6) is 1.42. The number of hydrogen-bond donors (Lipinski definition) is 1. The second-order valence-corrected chi connectivity index (χ2v) is 6.79. The van der Waals surface area contributed by atoms with E-state index in [1.54, 1.807) is 6.07 Å². The maximum atomic E-state index is 13.9. The summed E-state index contributed by atoms with van der Waals surface area (Å²) in [6, 6.07) is 5.08. The van der Waals surface area contributed by atoms with Crippen LogP contribution in [0.3, 0.4) is 0 Å². The van der Waals surface area contributed by atoms with Crippen LogP contribution >= 0.6 is 24.0 Å². The van der Waals surface area contributed by atoms with Crippen LogP contribution in [0.1, 0.15) is 25.3 Å². The Labute approximate surface area is 174 Å². The van der Waals surface area contributed by atoms with Crippen molar-refractivity contribution >= 4 is 29.9 Å². The van der Waals surface area contributed by atoms with Gasteiger partial charge in [0.05, 0.1) is 7.11 Å². The summed E-state index contributed by atoms with van der Waals surface area (Å²) < 4.78 is 18.9. The van der Waals surface area contributed by atoms with Crippen molar-refractivity contribution in [3.05, 3.63) is 29.6 Å². The molecule has 7 heteroatoms. The minimum absolute atomic E-state index is 0. The van der Waals surface area contributed by atoms with E-state index in [1.807, 2.05) is 18.0 Å².